The van der Waals surface area contributed by atoms with E-state index in [4.69, 9.17) is 9.47 Å². The van der Waals surface area contributed by atoms with E-state index in [-0.39, 0.29) is 24.4 Å². The van der Waals surface area contributed by atoms with Gasteiger partial charge >= 0.3 is 6.03 Å². The standard InChI is InChI=1S/C27H37N5O5S/c1-36-21-10-6-9-20(15-21)17-23(37-2)29-27(35)31-12-13-32(24(33)18-31)22(16-19-7-4-3-5-8-19)25(34)30-26-28-11-14-38-26/h6,9-11,14-15,19,22-23H,3-5,7-8,12-13,16-18H2,1-2H3,(H,29,35)(H,28,30,34)/t22?,23-/m0/s1. The lowest BCUT2D eigenvalue weighted by Gasteiger charge is -2.40. The number of rotatable bonds is 10. The number of piperazine rings is 1. The van der Waals surface area contributed by atoms with Crippen molar-refractivity contribution in [3.05, 3.63) is 41.4 Å². The topological polar surface area (TPSA) is 113 Å². The molecule has 4 amide bonds. The number of aromatic nitrogens is 1. The smallest absolute Gasteiger partial charge is 0.319 e. The van der Waals surface area contributed by atoms with Gasteiger partial charge in [-0.3, -0.25) is 9.59 Å². The van der Waals surface area contributed by atoms with Crippen LogP contribution in [0.25, 0.3) is 0 Å². The summed E-state index contributed by atoms with van der Waals surface area (Å²) in [5.41, 5.74) is 0.953. The zero-order valence-corrected chi connectivity index (χ0v) is 22.9. The van der Waals surface area contributed by atoms with Crippen LogP contribution in [-0.2, 0) is 20.7 Å². The molecule has 1 saturated carbocycles. The van der Waals surface area contributed by atoms with Crippen LogP contribution in [0.3, 0.4) is 0 Å². The fourth-order valence-electron chi connectivity index (χ4n) is 5.21. The van der Waals surface area contributed by atoms with Gasteiger partial charge in [0.15, 0.2) is 5.13 Å². The molecule has 0 radical (unpaired) electrons. The highest BCUT2D eigenvalue weighted by Crippen LogP contribution is 2.30. The number of nitrogens with zero attached hydrogens (tertiary/aromatic N) is 3. The molecule has 1 aliphatic carbocycles. The fraction of sp³-hybridized carbons (Fsp3) is 0.556. The number of amides is 4. The van der Waals surface area contributed by atoms with Crippen molar-refractivity contribution in [2.45, 2.75) is 57.2 Å². The van der Waals surface area contributed by atoms with Gasteiger partial charge in [0.2, 0.25) is 11.8 Å². The number of carbonyl (C=O) groups is 3. The van der Waals surface area contributed by atoms with Gasteiger partial charge in [0.25, 0.3) is 0 Å². The lowest BCUT2D eigenvalue weighted by molar-refractivity contribution is -0.142. The highest BCUT2D eigenvalue weighted by Gasteiger charge is 2.37. The fourth-order valence-corrected chi connectivity index (χ4v) is 5.75. The molecule has 1 aromatic heterocycles. The van der Waals surface area contributed by atoms with Gasteiger partial charge in [-0.15, -0.1) is 11.3 Å². The summed E-state index contributed by atoms with van der Waals surface area (Å²) < 4.78 is 10.8. The molecular weight excluding hydrogens is 506 g/mol. The highest BCUT2D eigenvalue weighted by molar-refractivity contribution is 7.13. The van der Waals surface area contributed by atoms with E-state index in [1.807, 2.05) is 24.3 Å². The van der Waals surface area contributed by atoms with Gasteiger partial charge in [0.05, 0.1) is 7.11 Å². The van der Waals surface area contributed by atoms with Crippen LogP contribution >= 0.6 is 11.3 Å². The van der Waals surface area contributed by atoms with Gasteiger partial charge in [-0.25, -0.2) is 9.78 Å². The molecule has 2 aliphatic rings. The second-order valence-electron chi connectivity index (χ2n) is 9.82. The predicted molar refractivity (Wildman–Crippen MR) is 145 cm³/mol. The van der Waals surface area contributed by atoms with Crippen LogP contribution < -0.4 is 15.4 Å². The number of nitrogens with one attached hydrogen (secondary N) is 2. The molecule has 2 fully saturated rings. The third-order valence-corrected chi connectivity index (χ3v) is 7.98. The molecule has 2 aromatic rings. The maximum absolute atomic E-state index is 13.3. The Morgan fingerprint density at radius 1 is 1.18 bits per heavy atom. The van der Waals surface area contributed by atoms with Gasteiger partial charge in [-0.1, -0.05) is 44.2 Å². The molecule has 2 N–H and O–H groups in total. The van der Waals surface area contributed by atoms with E-state index in [0.29, 0.717) is 37.0 Å². The van der Waals surface area contributed by atoms with Crippen molar-refractivity contribution in [2.24, 2.45) is 5.92 Å². The summed E-state index contributed by atoms with van der Waals surface area (Å²) in [6.45, 7) is 0.536. The molecule has 1 aromatic carbocycles. The third-order valence-electron chi connectivity index (χ3n) is 7.29. The largest absolute Gasteiger partial charge is 0.497 e. The van der Waals surface area contributed by atoms with E-state index in [9.17, 15) is 14.4 Å². The number of anilines is 1. The van der Waals surface area contributed by atoms with Crippen LogP contribution in [0.4, 0.5) is 9.93 Å². The lowest BCUT2D eigenvalue weighted by atomic mass is 9.84. The average molecular weight is 544 g/mol. The first-order valence-electron chi connectivity index (χ1n) is 13.2. The first-order valence-corrected chi connectivity index (χ1v) is 14.1. The summed E-state index contributed by atoms with van der Waals surface area (Å²) in [5.74, 6) is 0.689. The van der Waals surface area contributed by atoms with Crippen molar-refractivity contribution in [1.82, 2.24) is 20.1 Å². The number of benzene rings is 1. The van der Waals surface area contributed by atoms with Crippen LogP contribution in [0.5, 0.6) is 5.75 Å². The van der Waals surface area contributed by atoms with Crippen LogP contribution in [0.15, 0.2) is 35.8 Å². The van der Waals surface area contributed by atoms with Crippen LogP contribution in [0.2, 0.25) is 0 Å². The summed E-state index contributed by atoms with van der Waals surface area (Å²) >= 11 is 1.35. The van der Waals surface area contributed by atoms with E-state index in [2.05, 4.69) is 15.6 Å². The maximum atomic E-state index is 13.3. The minimum absolute atomic E-state index is 0.0902. The van der Waals surface area contributed by atoms with Gasteiger partial charge in [-0.2, -0.15) is 0 Å². The van der Waals surface area contributed by atoms with Crippen molar-refractivity contribution in [3.63, 3.8) is 0 Å². The molecule has 10 nitrogen and oxygen atoms in total. The molecule has 11 heteroatoms. The number of carbonyl (C=O) groups excluding carboxylic acids is 3. The zero-order chi connectivity index (χ0) is 26.9. The van der Waals surface area contributed by atoms with Crippen LogP contribution in [0, 0.1) is 5.92 Å². The van der Waals surface area contributed by atoms with Crippen LogP contribution in [0.1, 0.15) is 44.1 Å². The van der Waals surface area contributed by atoms with E-state index in [1.54, 1.807) is 23.6 Å². The normalized spacial score (nSPS) is 18.1. The SMILES string of the molecule is COc1cccc(C[C@@H](NC(=O)N2CCN(C(CC3CCCCC3)C(=O)Nc3nccs3)C(=O)C2)OC)c1. The summed E-state index contributed by atoms with van der Waals surface area (Å²) in [6.07, 6.45) is 7.83. The molecule has 0 spiro atoms. The van der Waals surface area contributed by atoms with Crippen molar-refractivity contribution >= 4 is 34.3 Å². The molecule has 2 atom stereocenters. The summed E-state index contributed by atoms with van der Waals surface area (Å²) in [6, 6.07) is 6.61. The van der Waals surface area contributed by atoms with Crippen LogP contribution in [-0.4, -0.2) is 78.8 Å². The number of hydrogen-bond acceptors (Lipinski definition) is 7. The van der Waals surface area contributed by atoms with E-state index in [0.717, 1.165) is 37.0 Å². The second kappa shape index (κ2) is 13.6. The van der Waals surface area contributed by atoms with Crippen molar-refractivity contribution < 1.29 is 23.9 Å². The first kappa shape index (κ1) is 27.8. The minimum atomic E-state index is -0.584. The van der Waals surface area contributed by atoms with Gasteiger partial charge in [0.1, 0.15) is 24.6 Å². The molecule has 2 heterocycles. The average Bonchev–Trinajstić information content (AvgIpc) is 3.45. The molecule has 206 valence electrons. The van der Waals surface area contributed by atoms with Crippen molar-refractivity contribution in [1.29, 1.82) is 0 Å². The minimum Gasteiger partial charge on any atom is -0.497 e. The zero-order valence-electron chi connectivity index (χ0n) is 22.1. The first-order chi connectivity index (χ1) is 18.5. The Bertz CT molecular complexity index is 1080. The highest BCUT2D eigenvalue weighted by atomic mass is 32.1. The van der Waals surface area contributed by atoms with Gasteiger partial charge in [0, 0.05) is 38.2 Å². The number of urea groups is 1. The Morgan fingerprint density at radius 3 is 2.68 bits per heavy atom. The molecule has 1 aliphatic heterocycles. The molecule has 0 bridgehead atoms. The molecule has 1 saturated heterocycles. The van der Waals surface area contributed by atoms with E-state index in [1.165, 1.54) is 29.8 Å². The Balaban J connectivity index is 1.37. The van der Waals surface area contributed by atoms with Gasteiger partial charge in [-0.05, 0) is 30.0 Å². The van der Waals surface area contributed by atoms with E-state index < -0.39 is 12.3 Å². The molecule has 38 heavy (non-hydrogen) atoms. The van der Waals surface area contributed by atoms with Crippen molar-refractivity contribution in [3.8, 4) is 5.75 Å². The molecule has 4 rings (SSSR count). The van der Waals surface area contributed by atoms with E-state index >= 15 is 0 Å². The molecule has 1 unspecified atom stereocenters. The lowest BCUT2D eigenvalue weighted by Crippen LogP contribution is -2.60. The summed E-state index contributed by atoms with van der Waals surface area (Å²) in [4.78, 5) is 46.9. The molecular formula is C27H37N5O5S. The Labute approximate surface area is 227 Å². The van der Waals surface area contributed by atoms with Crippen molar-refractivity contribution in [2.75, 3.05) is 39.2 Å². The third kappa shape index (κ3) is 7.44. The second-order valence-corrected chi connectivity index (χ2v) is 10.7. The Morgan fingerprint density at radius 2 is 2.00 bits per heavy atom. The summed E-state index contributed by atoms with van der Waals surface area (Å²) in [7, 11) is 3.14. The quantitative estimate of drug-likeness (QED) is 0.444. The number of ether oxygens (including phenoxy) is 2. The maximum Gasteiger partial charge on any atom is 0.319 e. The number of hydrogen-bond donors (Lipinski definition) is 2. The number of thiazole rings is 1. The number of methoxy groups -OCH3 is 2. The monoisotopic (exact) mass is 543 g/mol. The predicted octanol–water partition coefficient (Wildman–Crippen LogP) is 3.50. The Hall–Kier alpha value is -3.18. The Kier molecular flexibility index (Phi) is 9.94. The van der Waals surface area contributed by atoms with Gasteiger partial charge < -0.3 is 29.9 Å². The summed E-state index contributed by atoms with van der Waals surface area (Å²) in [5, 5.41) is 8.08.